The summed E-state index contributed by atoms with van der Waals surface area (Å²) >= 11 is 10.3. The molecular formula is C4H5Cl2N. The van der Waals surface area contributed by atoms with Crippen molar-refractivity contribution >= 4 is 29.4 Å². The lowest BCUT2D eigenvalue weighted by Crippen LogP contribution is -1.53. The molecule has 0 spiro atoms. The molecule has 0 aliphatic carbocycles. The third-order valence-electron chi connectivity index (χ3n) is 0.321. The zero-order valence-corrected chi connectivity index (χ0v) is 5.37. The Labute approximate surface area is 52.6 Å². The van der Waals surface area contributed by atoms with Crippen molar-refractivity contribution in [1.29, 1.82) is 0 Å². The average Bonchev–Trinajstić information content (AvgIpc) is 1.61. The number of hydrogen-bond donors (Lipinski definition) is 0. The van der Waals surface area contributed by atoms with Gasteiger partial charge in [-0.05, 0) is 6.92 Å². The van der Waals surface area contributed by atoms with Crippen LogP contribution in [0.5, 0.6) is 0 Å². The Balaban J connectivity index is 3.46. The first-order chi connectivity index (χ1) is 3.27. The summed E-state index contributed by atoms with van der Waals surface area (Å²) in [5, 5.41) is 0. The van der Waals surface area contributed by atoms with Gasteiger partial charge >= 0.3 is 0 Å². The first-order valence-corrected chi connectivity index (χ1v) is 2.52. The highest BCUT2D eigenvalue weighted by molar-refractivity contribution is 6.55. The Hall–Kier alpha value is -0.0100. The van der Waals surface area contributed by atoms with Crippen LogP contribution in [0.25, 0.3) is 0 Å². The minimum absolute atomic E-state index is 0.179. The lowest BCUT2D eigenvalue weighted by Gasteiger charge is -1.72. The predicted molar refractivity (Wildman–Crippen MR) is 34.0 cm³/mol. The minimum atomic E-state index is 0.179. The Morgan fingerprint density at radius 2 is 2.14 bits per heavy atom. The van der Waals surface area contributed by atoms with Gasteiger partial charge in [0.05, 0.1) is 6.20 Å². The van der Waals surface area contributed by atoms with Crippen LogP contribution >= 0.6 is 23.2 Å². The fraction of sp³-hybridized carbons (Fsp3) is 0.250. The number of aliphatic imine (C=N–C) groups is 1. The van der Waals surface area contributed by atoms with Gasteiger partial charge in [-0.2, -0.15) is 0 Å². The molecule has 3 heteroatoms. The molecule has 0 aromatic rings. The van der Waals surface area contributed by atoms with Crippen LogP contribution in [0.15, 0.2) is 15.7 Å². The van der Waals surface area contributed by atoms with Crippen molar-refractivity contribution in [3.8, 4) is 0 Å². The van der Waals surface area contributed by atoms with E-state index in [1.54, 1.807) is 13.1 Å². The van der Waals surface area contributed by atoms with Crippen LogP contribution in [0.4, 0.5) is 0 Å². The van der Waals surface area contributed by atoms with Crippen molar-refractivity contribution in [2.75, 3.05) is 0 Å². The summed E-state index contributed by atoms with van der Waals surface area (Å²) < 4.78 is 0.179. The summed E-state index contributed by atoms with van der Waals surface area (Å²) in [6.07, 6.45) is 2.97. The molecule has 0 unspecified atom stereocenters. The van der Waals surface area contributed by atoms with Crippen molar-refractivity contribution < 1.29 is 0 Å². The van der Waals surface area contributed by atoms with E-state index in [1.807, 2.05) is 0 Å². The van der Waals surface area contributed by atoms with Gasteiger partial charge in [0.2, 0.25) is 0 Å². The third-order valence-corrected chi connectivity index (χ3v) is 0.516. The molecule has 0 heterocycles. The number of hydrogen-bond acceptors (Lipinski definition) is 1. The smallest absolute Gasteiger partial charge is 0.125 e. The molecule has 0 aromatic heterocycles. The van der Waals surface area contributed by atoms with Crippen molar-refractivity contribution in [3.63, 3.8) is 0 Å². The van der Waals surface area contributed by atoms with E-state index in [2.05, 4.69) is 4.99 Å². The molecule has 0 amide bonds. The number of rotatable bonds is 1. The second-order valence-electron chi connectivity index (χ2n) is 0.826. The summed E-state index contributed by atoms with van der Waals surface area (Å²) in [6.45, 7) is 1.78. The molecule has 0 saturated heterocycles. The summed E-state index contributed by atoms with van der Waals surface area (Å²) in [5.74, 6) is 0. The topological polar surface area (TPSA) is 12.4 Å². The standard InChI is InChI=1S/C4H5Cl2N/c1-2-7-3-4(5)6/h2-3H,1H3/b7-2+. The largest absolute Gasteiger partial charge is 0.267 e. The molecule has 0 fully saturated rings. The van der Waals surface area contributed by atoms with Crippen LogP contribution in [0.3, 0.4) is 0 Å². The lowest BCUT2D eigenvalue weighted by molar-refractivity contribution is 1.58. The zero-order valence-electron chi connectivity index (χ0n) is 3.86. The van der Waals surface area contributed by atoms with Crippen LogP contribution in [-0.4, -0.2) is 6.21 Å². The molecule has 1 nitrogen and oxygen atoms in total. The predicted octanol–water partition coefficient (Wildman–Crippen LogP) is 2.35. The fourth-order valence-corrected chi connectivity index (χ4v) is 0.244. The van der Waals surface area contributed by atoms with Crippen LogP contribution in [0.2, 0.25) is 0 Å². The van der Waals surface area contributed by atoms with Crippen LogP contribution in [0, 0.1) is 0 Å². The summed E-state index contributed by atoms with van der Waals surface area (Å²) in [6, 6.07) is 0. The molecule has 0 saturated carbocycles. The van der Waals surface area contributed by atoms with Gasteiger partial charge in [-0.3, -0.25) is 4.99 Å². The van der Waals surface area contributed by atoms with Gasteiger partial charge < -0.3 is 0 Å². The summed E-state index contributed by atoms with van der Waals surface area (Å²) in [7, 11) is 0. The molecule has 0 radical (unpaired) electrons. The van der Waals surface area contributed by atoms with Crippen LogP contribution in [0.1, 0.15) is 6.92 Å². The molecule has 7 heavy (non-hydrogen) atoms. The van der Waals surface area contributed by atoms with Gasteiger partial charge in [0, 0.05) is 6.21 Å². The molecule has 40 valence electrons. The quantitative estimate of drug-likeness (QED) is 0.493. The van der Waals surface area contributed by atoms with Crippen molar-refractivity contribution in [3.05, 3.63) is 10.7 Å². The highest BCUT2D eigenvalue weighted by Crippen LogP contribution is 2.04. The SMILES string of the molecule is C/C=N/C=C(Cl)Cl. The van der Waals surface area contributed by atoms with Crippen molar-refractivity contribution in [2.45, 2.75) is 6.92 Å². The molecule has 0 N–H and O–H groups in total. The molecule has 0 rings (SSSR count). The lowest BCUT2D eigenvalue weighted by atomic mass is 10.9. The fourth-order valence-electron chi connectivity index (χ4n) is 0.131. The van der Waals surface area contributed by atoms with E-state index in [4.69, 9.17) is 23.2 Å². The molecule has 0 atom stereocenters. The van der Waals surface area contributed by atoms with E-state index in [-0.39, 0.29) is 4.49 Å². The molecule has 0 aliphatic heterocycles. The Morgan fingerprint density at radius 1 is 1.57 bits per heavy atom. The van der Waals surface area contributed by atoms with E-state index >= 15 is 0 Å². The zero-order chi connectivity index (χ0) is 5.70. The van der Waals surface area contributed by atoms with E-state index in [9.17, 15) is 0 Å². The summed E-state index contributed by atoms with van der Waals surface area (Å²) in [4.78, 5) is 3.62. The molecule has 0 aliphatic rings. The van der Waals surface area contributed by atoms with Crippen LogP contribution < -0.4 is 0 Å². The highest BCUT2D eigenvalue weighted by atomic mass is 35.5. The average molecular weight is 138 g/mol. The van der Waals surface area contributed by atoms with Gasteiger partial charge in [0.25, 0.3) is 0 Å². The maximum atomic E-state index is 5.17. The van der Waals surface area contributed by atoms with Gasteiger partial charge in [-0.1, -0.05) is 23.2 Å². The van der Waals surface area contributed by atoms with Gasteiger partial charge in [0.1, 0.15) is 4.49 Å². The third kappa shape index (κ3) is 5.99. The second kappa shape index (κ2) is 4.16. The number of halogens is 2. The van der Waals surface area contributed by atoms with E-state index in [0.29, 0.717) is 0 Å². The van der Waals surface area contributed by atoms with Crippen molar-refractivity contribution in [1.82, 2.24) is 0 Å². The molecular weight excluding hydrogens is 133 g/mol. The molecule has 0 bridgehead atoms. The Kier molecular flexibility index (Phi) is 4.15. The Morgan fingerprint density at radius 3 is 2.29 bits per heavy atom. The van der Waals surface area contributed by atoms with E-state index < -0.39 is 0 Å². The maximum Gasteiger partial charge on any atom is 0.125 e. The summed E-state index contributed by atoms with van der Waals surface area (Å²) in [5.41, 5.74) is 0. The van der Waals surface area contributed by atoms with E-state index in [0.717, 1.165) is 0 Å². The van der Waals surface area contributed by atoms with Crippen molar-refractivity contribution in [2.24, 2.45) is 4.99 Å². The monoisotopic (exact) mass is 137 g/mol. The maximum absolute atomic E-state index is 5.17. The Bertz CT molecular complexity index is 91.9. The highest BCUT2D eigenvalue weighted by Gasteiger charge is 1.73. The van der Waals surface area contributed by atoms with Gasteiger partial charge in [-0.15, -0.1) is 0 Å². The minimum Gasteiger partial charge on any atom is -0.267 e. The second-order valence-corrected chi connectivity index (χ2v) is 1.83. The normalized spacial score (nSPS) is 9.57. The van der Waals surface area contributed by atoms with Gasteiger partial charge in [0.15, 0.2) is 0 Å². The van der Waals surface area contributed by atoms with Gasteiger partial charge in [-0.25, -0.2) is 0 Å². The van der Waals surface area contributed by atoms with E-state index in [1.165, 1.54) is 6.20 Å². The first-order valence-electron chi connectivity index (χ1n) is 1.76. The number of nitrogens with zero attached hydrogens (tertiary/aromatic N) is 1. The first kappa shape index (κ1) is 6.99. The molecule has 0 aromatic carbocycles. The van der Waals surface area contributed by atoms with Crippen LogP contribution in [-0.2, 0) is 0 Å².